The van der Waals surface area contributed by atoms with Crippen LogP contribution in [0.3, 0.4) is 0 Å². The standard InChI is InChI=1S/C14H19NO/c1-11-7-3-4-8-12(11)14(15-2)10-6-5-9-13(14)16/h3-4,7-8,15H,5-6,9-10H2,1-2H3/t14-/m1/s1. The Bertz CT molecular complexity index is 399. The Morgan fingerprint density at radius 2 is 2.00 bits per heavy atom. The molecule has 1 aromatic rings. The molecule has 0 aliphatic heterocycles. The first-order chi connectivity index (χ1) is 7.70. The number of hydrogen-bond donors (Lipinski definition) is 1. The van der Waals surface area contributed by atoms with Crippen LogP contribution in [0.5, 0.6) is 0 Å². The van der Waals surface area contributed by atoms with Gasteiger partial charge < -0.3 is 5.32 Å². The van der Waals surface area contributed by atoms with E-state index < -0.39 is 5.54 Å². The third-order valence-electron chi connectivity index (χ3n) is 3.71. The summed E-state index contributed by atoms with van der Waals surface area (Å²) in [4.78, 5) is 12.2. The highest BCUT2D eigenvalue weighted by Gasteiger charge is 2.40. The Morgan fingerprint density at radius 3 is 2.62 bits per heavy atom. The van der Waals surface area contributed by atoms with Gasteiger partial charge >= 0.3 is 0 Å². The minimum atomic E-state index is -0.427. The first-order valence-corrected chi connectivity index (χ1v) is 5.99. The summed E-state index contributed by atoms with van der Waals surface area (Å²) in [5, 5.41) is 3.27. The molecule has 1 fully saturated rings. The van der Waals surface area contributed by atoms with Crippen molar-refractivity contribution in [3.8, 4) is 0 Å². The summed E-state index contributed by atoms with van der Waals surface area (Å²) in [5.74, 6) is 0.343. The minimum Gasteiger partial charge on any atom is -0.304 e. The summed E-state index contributed by atoms with van der Waals surface area (Å²) in [6.45, 7) is 2.08. The quantitative estimate of drug-likeness (QED) is 0.825. The van der Waals surface area contributed by atoms with E-state index in [4.69, 9.17) is 0 Å². The second-order valence-corrected chi connectivity index (χ2v) is 4.60. The van der Waals surface area contributed by atoms with Crippen LogP contribution < -0.4 is 5.32 Å². The van der Waals surface area contributed by atoms with Crippen molar-refractivity contribution in [1.82, 2.24) is 5.32 Å². The maximum Gasteiger partial charge on any atom is 0.157 e. The van der Waals surface area contributed by atoms with Crippen molar-refractivity contribution in [3.63, 3.8) is 0 Å². The number of Topliss-reactive ketones (excluding diaryl/α,β-unsaturated/α-hetero) is 1. The van der Waals surface area contributed by atoms with E-state index >= 15 is 0 Å². The maximum absolute atomic E-state index is 12.2. The number of carbonyl (C=O) groups is 1. The zero-order valence-corrected chi connectivity index (χ0v) is 10.0. The molecule has 0 spiro atoms. The van der Waals surface area contributed by atoms with Gasteiger partial charge in [0.05, 0.1) is 0 Å². The normalized spacial score (nSPS) is 25.8. The Kier molecular flexibility index (Phi) is 3.10. The van der Waals surface area contributed by atoms with Gasteiger partial charge in [0.2, 0.25) is 0 Å². The van der Waals surface area contributed by atoms with E-state index in [1.807, 2.05) is 19.2 Å². The first-order valence-electron chi connectivity index (χ1n) is 5.99. The highest BCUT2D eigenvalue weighted by atomic mass is 16.1. The summed E-state index contributed by atoms with van der Waals surface area (Å²) < 4.78 is 0. The predicted molar refractivity (Wildman–Crippen MR) is 65.4 cm³/mol. The predicted octanol–water partition coefficient (Wildman–Crippen LogP) is 2.55. The Balaban J connectivity index is 2.48. The molecule has 2 nitrogen and oxygen atoms in total. The van der Waals surface area contributed by atoms with Gasteiger partial charge in [0, 0.05) is 6.42 Å². The van der Waals surface area contributed by atoms with Crippen LogP contribution in [0.2, 0.25) is 0 Å². The molecule has 0 unspecified atom stereocenters. The third-order valence-corrected chi connectivity index (χ3v) is 3.71. The van der Waals surface area contributed by atoms with Gasteiger partial charge in [-0.3, -0.25) is 4.79 Å². The summed E-state index contributed by atoms with van der Waals surface area (Å²) in [6.07, 6.45) is 3.79. The van der Waals surface area contributed by atoms with Crippen molar-refractivity contribution in [2.45, 2.75) is 38.1 Å². The highest BCUT2D eigenvalue weighted by Crippen LogP contribution is 2.35. The molecular weight excluding hydrogens is 198 g/mol. The molecule has 0 amide bonds. The number of benzene rings is 1. The number of hydrogen-bond acceptors (Lipinski definition) is 2. The van der Waals surface area contributed by atoms with Gasteiger partial charge in [-0.25, -0.2) is 0 Å². The zero-order chi connectivity index (χ0) is 11.6. The van der Waals surface area contributed by atoms with E-state index in [2.05, 4.69) is 24.4 Å². The Labute approximate surface area is 97.1 Å². The fraction of sp³-hybridized carbons (Fsp3) is 0.500. The van der Waals surface area contributed by atoms with E-state index in [1.54, 1.807) is 0 Å². The van der Waals surface area contributed by atoms with Crippen molar-refractivity contribution in [1.29, 1.82) is 0 Å². The van der Waals surface area contributed by atoms with Crippen LogP contribution in [0, 0.1) is 6.92 Å². The van der Waals surface area contributed by atoms with Gasteiger partial charge in [0.15, 0.2) is 5.78 Å². The number of rotatable bonds is 2. The first kappa shape index (κ1) is 11.3. The van der Waals surface area contributed by atoms with Crippen molar-refractivity contribution in [3.05, 3.63) is 35.4 Å². The zero-order valence-electron chi connectivity index (χ0n) is 10.0. The van der Waals surface area contributed by atoms with Crippen LogP contribution in [-0.2, 0) is 10.3 Å². The molecule has 2 rings (SSSR count). The molecule has 1 aliphatic rings. The molecule has 0 bridgehead atoms. The minimum absolute atomic E-state index is 0.343. The highest BCUT2D eigenvalue weighted by molar-refractivity contribution is 5.90. The second kappa shape index (κ2) is 4.38. The number of aryl methyl sites for hydroxylation is 1. The largest absolute Gasteiger partial charge is 0.304 e. The van der Waals surface area contributed by atoms with Crippen molar-refractivity contribution < 1.29 is 4.79 Å². The lowest BCUT2D eigenvalue weighted by molar-refractivity contribution is -0.127. The molecule has 1 saturated carbocycles. The number of carbonyl (C=O) groups excluding carboxylic acids is 1. The molecule has 0 radical (unpaired) electrons. The van der Waals surface area contributed by atoms with E-state index in [-0.39, 0.29) is 0 Å². The summed E-state index contributed by atoms with van der Waals surface area (Å²) in [7, 11) is 1.90. The lowest BCUT2D eigenvalue weighted by Gasteiger charge is -2.37. The fourth-order valence-corrected chi connectivity index (χ4v) is 2.76. The Hall–Kier alpha value is -1.15. The van der Waals surface area contributed by atoms with E-state index in [0.29, 0.717) is 12.2 Å². The molecule has 86 valence electrons. The topological polar surface area (TPSA) is 29.1 Å². The van der Waals surface area contributed by atoms with Gasteiger partial charge in [0.1, 0.15) is 5.54 Å². The SMILES string of the molecule is CN[C@@]1(c2ccccc2C)CCCCC1=O. The summed E-state index contributed by atoms with van der Waals surface area (Å²) in [6, 6.07) is 8.20. The molecule has 2 heteroatoms. The van der Waals surface area contributed by atoms with Crippen LogP contribution in [0.15, 0.2) is 24.3 Å². The van der Waals surface area contributed by atoms with Gasteiger partial charge in [-0.1, -0.05) is 30.7 Å². The Morgan fingerprint density at radius 1 is 1.25 bits per heavy atom. The molecule has 0 heterocycles. The van der Waals surface area contributed by atoms with E-state index in [1.165, 1.54) is 5.56 Å². The second-order valence-electron chi connectivity index (χ2n) is 4.60. The smallest absolute Gasteiger partial charge is 0.157 e. The number of nitrogens with one attached hydrogen (secondary N) is 1. The maximum atomic E-state index is 12.2. The lowest BCUT2D eigenvalue weighted by Crippen LogP contribution is -2.49. The van der Waals surface area contributed by atoms with Crippen LogP contribution >= 0.6 is 0 Å². The van der Waals surface area contributed by atoms with Crippen LogP contribution in [0.4, 0.5) is 0 Å². The fourth-order valence-electron chi connectivity index (χ4n) is 2.76. The average Bonchev–Trinajstić information content (AvgIpc) is 2.31. The van der Waals surface area contributed by atoms with Crippen molar-refractivity contribution in [2.24, 2.45) is 0 Å². The summed E-state index contributed by atoms with van der Waals surface area (Å²) in [5.41, 5.74) is 1.93. The van der Waals surface area contributed by atoms with E-state index in [0.717, 1.165) is 24.8 Å². The van der Waals surface area contributed by atoms with Gasteiger partial charge in [-0.05, 0) is 37.9 Å². The third kappa shape index (κ3) is 1.67. The van der Waals surface area contributed by atoms with Crippen molar-refractivity contribution in [2.75, 3.05) is 7.05 Å². The lowest BCUT2D eigenvalue weighted by atomic mass is 9.74. The van der Waals surface area contributed by atoms with Crippen LogP contribution in [0.1, 0.15) is 36.8 Å². The van der Waals surface area contributed by atoms with Gasteiger partial charge in [0.25, 0.3) is 0 Å². The molecule has 1 aliphatic carbocycles. The van der Waals surface area contributed by atoms with Crippen LogP contribution in [0.25, 0.3) is 0 Å². The monoisotopic (exact) mass is 217 g/mol. The summed E-state index contributed by atoms with van der Waals surface area (Å²) >= 11 is 0. The van der Waals surface area contributed by atoms with Gasteiger partial charge in [-0.15, -0.1) is 0 Å². The molecule has 16 heavy (non-hydrogen) atoms. The molecule has 1 atom stereocenters. The molecule has 0 aromatic heterocycles. The molecular formula is C14H19NO. The number of ketones is 1. The molecule has 1 N–H and O–H groups in total. The van der Waals surface area contributed by atoms with Crippen molar-refractivity contribution >= 4 is 5.78 Å². The number of likely N-dealkylation sites (N-methyl/N-ethyl adjacent to an activating group) is 1. The van der Waals surface area contributed by atoms with Crippen LogP contribution in [-0.4, -0.2) is 12.8 Å². The van der Waals surface area contributed by atoms with E-state index in [9.17, 15) is 4.79 Å². The van der Waals surface area contributed by atoms with Gasteiger partial charge in [-0.2, -0.15) is 0 Å². The average molecular weight is 217 g/mol. The molecule has 0 saturated heterocycles. The molecule has 1 aromatic carbocycles.